The van der Waals surface area contributed by atoms with Crippen molar-refractivity contribution in [3.8, 4) is 0 Å². The summed E-state index contributed by atoms with van der Waals surface area (Å²) in [4.78, 5) is 0. The topological polar surface area (TPSA) is 76.8 Å². The number of hydrogen-bond acceptors (Lipinski definition) is 4. The van der Waals surface area contributed by atoms with E-state index in [9.17, 15) is 0 Å². The van der Waals surface area contributed by atoms with E-state index >= 15 is 0 Å². The maximum atomic E-state index is 6.25. The minimum Gasteiger partial charge on any atom is -0.303 e. The molecular weight excluding hydrogens is 272 g/mol. The van der Waals surface area contributed by atoms with Crippen LogP contribution in [0.25, 0.3) is 0 Å². The number of hydrogen-bond donors (Lipinski definition) is 2. The highest BCUT2D eigenvalue weighted by atomic mass is 35.5. The molecule has 0 fully saturated rings. The predicted octanol–water partition coefficient (Wildman–Crippen LogP) is 2.16. The molecule has 0 unspecified atom stereocenters. The SMILES string of the molecule is NC1(N)C(c2ccccc2)=NN=C1c1ccc(Cl)cc1. The summed E-state index contributed by atoms with van der Waals surface area (Å²) in [5.74, 6) is 0. The Morgan fingerprint density at radius 2 is 1.25 bits per heavy atom. The maximum absolute atomic E-state index is 6.25. The summed E-state index contributed by atoms with van der Waals surface area (Å²) < 4.78 is 0. The van der Waals surface area contributed by atoms with Gasteiger partial charge in [-0.05, 0) is 12.1 Å². The minimum atomic E-state index is -1.21. The van der Waals surface area contributed by atoms with E-state index in [0.29, 0.717) is 16.4 Å². The lowest BCUT2D eigenvalue weighted by molar-refractivity contribution is 0.800. The van der Waals surface area contributed by atoms with Gasteiger partial charge in [-0.1, -0.05) is 54.1 Å². The van der Waals surface area contributed by atoms with Gasteiger partial charge in [0.1, 0.15) is 11.4 Å². The Morgan fingerprint density at radius 3 is 1.80 bits per heavy atom. The van der Waals surface area contributed by atoms with Crippen molar-refractivity contribution in [3.63, 3.8) is 0 Å². The Bertz CT molecular complexity index is 688. The molecule has 0 amide bonds. The van der Waals surface area contributed by atoms with Crippen molar-refractivity contribution in [2.45, 2.75) is 5.66 Å². The quantitative estimate of drug-likeness (QED) is 0.829. The fourth-order valence-electron chi connectivity index (χ4n) is 2.17. The van der Waals surface area contributed by atoms with E-state index in [1.807, 2.05) is 42.5 Å². The highest BCUT2D eigenvalue weighted by molar-refractivity contribution is 6.31. The number of benzene rings is 2. The molecule has 1 heterocycles. The first-order chi connectivity index (χ1) is 9.59. The van der Waals surface area contributed by atoms with Crippen LogP contribution in [-0.4, -0.2) is 17.1 Å². The first-order valence-electron chi connectivity index (χ1n) is 6.15. The van der Waals surface area contributed by atoms with E-state index in [-0.39, 0.29) is 0 Å². The van der Waals surface area contributed by atoms with Crippen LogP contribution in [0.15, 0.2) is 64.8 Å². The molecule has 0 radical (unpaired) electrons. The zero-order valence-electron chi connectivity index (χ0n) is 10.6. The molecule has 100 valence electrons. The molecule has 0 bridgehead atoms. The molecule has 0 saturated carbocycles. The van der Waals surface area contributed by atoms with E-state index in [0.717, 1.165) is 11.1 Å². The highest BCUT2D eigenvalue weighted by Gasteiger charge is 2.38. The maximum Gasteiger partial charge on any atom is 0.156 e. The molecule has 2 aromatic rings. The lowest BCUT2D eigenvalue weighted by atomic mass is 9.91. The molecular formula is C15H13ClN4. The average Bonchev–Trinajstić information content (AvgIpc) is 2.76. The molecule has 0 spiro atoms. The fourth-order valence-corrected chi connectivity index (χ4v) is 2.30. The Balaban J connectivity index is 1.97. The van der Waals surface area contributed by atoms with Gasteiger partial charge in [-0.15, -0.1) is 0 Å². The summed E-state index contributed by atoms with van der Waals surface area (Å²) in [6.45, 7) is 0. The second kappa shape index (κ2) is 4.83. The minimum absolute atomic E-state index is 0.535. The van der Waals surface area contributed by atoms with Gasteiger partial charge in [-0.25, -0.2) is 0 Å². The van der Waals surface area contributed by atoms with Gasteiger partial charge in [0, 0.05) is 16.1 Å². The summed E-state index contributed by atoms with van der Waals surface area (Å²) in [5.41, 5.74) is 14.1. The van der Waals surface area contributed by atoms with Gasteiger partial charge in [0.2, 0.25) is 0 Å². The largest absolute Gasteiger partial charge is 0.303 e. The molecule has 0 aliphatic carbocycles. The van der Waals surface area contributed by atoms with Crippen molar-refractivity contribution in [1.29, 1.82) is 0 Å². The van der Waals surface area contributed by atoms with Crippen LogP contribution in [0.4, 0.5) is 0 Å². The first-order valence-corrected chi connectivity index (χ1v) is 6.52. The third-order valence-corrected chi connectivity index (χ3v) is 3.45. The van der Waals surface area contributed by atoms with Crippen molar-refractivity contribution in [2.75, 3.05) is 0 Å². The molecule has 20 heavy (non-hydrogen) atoms. The van der Waals surface area contributed by atoms with Crippen LogP contribution in [0, 0.1) is 0 Å². The summed E-state index contributed by atoms with van der Waals surface area (Å²) in [6, 6.07) is 16.8. The van der Waals surface area contributed by atoms with Crippen LogP contribution in [0.5, 0.6) is 0 Å². The molecule has 1 aliphatic heterocycles. The zero-order valence-corrected chi connectivity index (χ0v) is 11.4. The van der Waals surface area contributed by atoms with E-state index in [4.69, 9.17) is 23.1 Å². The van der Waals surface area contributed by atoms with Crippen molar-refractivity contribution >= 4 is 23.0 Å². The number of rotatable bonds is 2. The summed E-state index contributed by atoms with van der Waals surface area (Å²) in [5, 5.41) is 8.97. The normalized spacial score (nSPS) is 16.8. The Kier molecular flexibility index (Phi) is 3.14. The molecule has 5 heteroatoms. The molecule has 4 N–H and O–H groups in total. The van der Waals surface area contributed by atoms with E-state index in [1.165, 1.54) is 0 Å². The highest BCUT2D eigenvalue weighted by Crippen LogP contribution is 2.21. The van der Waals surface area contributed by atoms with Crippen molar-refractivity contribution in [2.24, 2.45) is 21.7 Å². The van der Waals surface area contributed by atoms with Crippen LogP contribution in [-0.2, 0) is 0 Å². The second-order valence-corrected chi connectivity index (χ2v) is 5.08. The number of halogens is 1. The third-order valence-electron chi connectivity index (χ3n) is 3.20. The van der Waals surface area contributed by atoms with E-state index < -0.39 is 5.66 Å². The first kappa shape index (κ1) is 13.0. The summed E-state index contributed by atoms with van der Waals surface area (Å²) in [6.07, 6.45) is 0. The van der Waals surface area contributed by atoms with Crippen molar-refractivity contribution in [3.05, 3.63) is 70.7 Å². The monoisotopic (exact) mass is 284 g/mol. The van der Waals surface area contributed by atoms with Gasteiger partial charge >= 0.3 is 0 Å². The van der Waals surface area contributed by atoms with Gasteiger partial charge in [-0.3, -0.25) is 0 Å². The van der Waals surface area contributed by atoms with Crippen LogP contribution >= 0.6 is 11.6 Å². The van der Waals surface area contributed by atoms with Gasteiger partial charge in [0.15, 0.2) is 5.66 Å². The summed E-state index contributed by atoms with van der Waals surface area (Å²) >= 11 is 5.88. The molecule has 0 aromatic heterocycles. The van der Waals surface area contributed by atoms with Crippen LogP contribution in [0.2, 0.25) is 5.02 Å². The van der Waals surface area contributed by atoms with Gasteiger partial charge in [0.05, 0.1) is 0 Å². The fraction of sp³-hybridized carbons (Fsp3) is 0.0667. The van der Waals surface area contributed by atoms with Gasteiger partial charge in [0.25, 0.3) is 0 Å². The van der Waals surface area contributed by atoms with E-state index in [2.05, 4.69) is 10.2 Å². The van der Waals surface area contributed by atoms with Crippen molar-refractivity contribution in [1.82, 2.24) is 0 Å². The Labute approximate surface area is 121 Å². The third kappa shape index (κ3) is 2.14. The molecule has 1 aliphatic rings. The Hall–Kier alpha value is -2.01. The molecule has 0 atom stereocenters. The standard InChI is InChI=1S/C15H13ClN4/c16-12-8-6-11(7-9-12)14-15(17,18)13(19-20-14)10-4-2-1-3-5-10/h1-9H,17-18H2. The van der Waals surface area contributed by atoms with Crippen LogP contribution < -0.4 is 11.5 Å². The zero-order chi connectivity index (χ0) is 14.2. The average molecular weight is 285 g/mol. The number of nitrogens with two attached hydrogens (primary N) is 2. The molecule has 4 nitrogen and oxygen atoms in total. The summed E-state index contributed by atoms with van der Waals surface area (Å²) in [7, 11) is 0. The second-order valence-electron chi connectivity index (χ2n) is 4.64. The number of nitrogens with zero attached hydrogens (tertiary/aromatic N) is 2. The van der Waals surface area contributed by atoms with E-state index in [1.54, 1.807) is 12.1 Å². The lowest BCUT2D eigenvalue weighted by Crippen LogP contribution is -2.61. The van der Waals surface area contributed by atoms with Crippen LogP contribution in [0.1, 0.15) is 11.1 Å². The Morgan fingerprint density at radius 1 is 0.750 bits per heavy atom. The van der Waals surface area contributed by atoms with Gasteiger partial charge < -0.3 is 11.5 Å². The molecule has 3 rings (SSSR count). The van der Waals surface area contributed by atoms with Crippen molar-refractivity contribution < 1.29 is 0 Å². The lowest BCUT2D eigenvalue weighted by Gasteiger charge is -2.23. The van der Waals surface area contributed by atoms with Gasteiger partial charge in [-0.2, -0.15) is 10.2 Å². The van der Waals surface area contributed by atoms with Crippen LogP contribution in [0.3, 0.4) is 0 Å². The molecule has 2 aromatic carbocycles. The predicted molar refractivity (Wildman–Crippen MR) is 82.1 cm³/mol. The molecule has 0 saturated heterocycles. The smallest absolute Gasteiger partial charge is 0.156 e.